The summed E-state index contributed by atoms with van der Waals surface area (Å²) in [7, 11) is 0. The number of piperazine rings is 1. The van der Waals surface area contributed by atoms with Crippen molar-refractivity contribution in [3.05, 3.63) is 6.33 Å². The van der Waals surface area contributed by atoms with Gasteiger partial charge in [-0.2, -0.15) is 0 Å². The molecule has 1 aromatic heterocycles. The van der Waals surface area contributed by atoms with Gasteiger partial charge in [0.25, 0.3) is 0 Å². The summed E-state index contributed by atoms with van der Waals surface area (Å²) in [6, 6.07) is 0.500. The zero-order valence-electron chi connectivity index (χ0n) is 14.3. The predicted octanol–water partition coefficient (Wildman–Crippen LogP) is 2.34. The number of nitrogen functional groups attached to an aromatic ring is 1. The molecule has 2 aliphatic rings. The van der Waals surface area contributed by atoms with Gasteiger partial charge in [0.05, 0.1) is 0 Å². The van der Waals surface area contributed by atoms with E-state index in [4.69, 9.17) is 5.73 Å². The minimum atomic E-state index is 0.500. The monoisotopic (exact) mass is 318 g/mol. The van der Waals surface area contributed by atoms with E-state index in [1.54, 1.807) is 6.33 Å². The molecule has 1 saturated carbocycles. The van der Waals surface area contributed by atoms with E-state index in [0.29, 0.717) is 11.7 Å². The molecule has 0 aromatic carbocycles. The highest BCUT2D eigenvalue weighted by molar-refractivity contribution is 5.75. The Morgan fingerprint density at radius 2 is 1.78 bits per heavy atom. The second-order valence-corrected chi connectivity index (χ2v) is 6.71. The van der Waals surface area contributed by atoms with Gasteiger partial charge in [-0.1, -0.05) is 32.6 Å². The minimum absolute atomic E-state index is 0.500. The maximum atomic E-state index is 6.39. The zero-order chi connectivity index (χ0) is 16.1. The van der Waals surface area contributed by atoms with Crippen molar-refractivity contribution in [2.24, 2.45) is 0 Å². The number of aromatic nitrogens is 2. The van der Waals surface area contributed by atoms with Gasteiger partial charge in [0, 0.05) is 32.2 Å². The second kappa shape index (κ2) is 7.81. The second-order valence-electron chi connectivity index (χ2n) is 6.71. The molecular weight excluding hydrogens is 288 g/mol. The van der Waals surface area contributed by atoms with Crippen molar-refractivity contribution in [3.8, 4) is 0 Å². The lowest BCUT2D eigenvalue weighted by Gasteiger charge is -2.35. The maximum Gasteiger partial charge on any atom is 0.157 e. The first-order chi connectivity index (χ1) is 11.3. The summed E-state index contributed by atoms with van der Waals surface area (Å²) in [5.74, 6) is 1.71. The molecule has 2 heterocycles. The van der Waals surface area contributed by atoms with E-state index in [-0.39, 0.29) is 0 Å². The van der Waals surface area contributed by atoms with Crippen molar-refractivity contribution < 1.29 is 0 Å². The Morgan fingerprint density at radius 1 is 1.09 bits per heavy atom. The molecule has 0 bridgehead atoms. The van der Waals surface area contributed by atoms with Gasteiger partial charge in [-0.3, -0.25) is 0 Å². The number of hydrogen-bond acceptors (Lipinski definition) is 6. The van der Waals surface area contributed by atoms with Crippen LogP contribution < -0.4 is 16.0 Å². The quantitative estimate of drug-likeness (QED) is 0.830. The van der Waals surface area contributed by atoms with Gasteiger partial charge in [0.2, 0.25) is 0 Å². The van der Waals surface area contributed by atoms with E-state index in [2.05, 4.69) is 32.0 Å². The summed E-state index contributed by atoms with van der Waals surface area (Å²) in [6.07, 6.45) is 9.39. The molecule has 0 atom stereocenters. The van der Waals surface area contributed by atoms with E-state index >= 15 is 0 Å². The van der Waals surface area contributed by atoms with E-state index in [1.165, 1.54) is 38.5 Å². The van der Waals surface area contributed by atoms with Gasteiger partial charge >= 0.3 is 0 Å². The first-order valence-electron chi connectivity index (χ1n) is 9.12. The average Bonchev–Trinajstić information content (AvgIpc) is 2.86. The number of likely N-dealkylation sites (N-methyl/N-ethyl adjacent to an activating group) is 1. The van der Waals surface area contributed by atoms with Gasteiger partial charge in [-0.05, 0) is 19.4 Å². The van der Waals surface area contributed by atoms with Crippen LogP contribution in [0.3, 0.4) is 0 Å². The van der Waals surface area contributed by atoms with Crippen molar-refractivity contribution in [1.82, 2.24) is 14.9 Å². The topological polar surface area (TPSA) is 70.3 Å². The lowest BCUT2D eigenvalue weighted by molar-refractivity contribution is 0.270. The highest BCUT2D eigenvalue weighted by Crippen LogP contribution is 2.29. The minimum Gasteiger partial charge on any atom is -0.393 e. The number of nitrogens with one attached hydrogen (secondary N) is 1. The Morgan fingerprint density at radius 3 is 2.43 bits per heavy atom. The van der Waals surface area contributed by atoms with E-state index < -0.39 is 0 Å². The Labute approximate surface area is 139 Å². The van der Waals surface area contributed by atoms with Crippen LogP contribution >= 0.6 is 0 Å². The fourth-order valence-corrected chi connectivity index (χ4v) is 3.65. The van der Waals surface area contributed by atoms with Crippen molar-refractivity contribution in [3.63, 3.8) is 0 Å². The molecule has 1 saturated heterocycles. The fourth-order valence-electron chi connectivity index (χ4n) is 3.65. The van der Waals surface area contributed by atoms with Gasteiger partial charge in [-0.25, -0.2) is 9.97 Å². The van der Waals surface area contributed by atoms with Crippen molar-refractivity contribution in [2.45, 2.75) is 51.5 Å². The van der Waals surface area contributed by atoms with Crippen molar-refractivity contribution in [1.29, 1.82) is 0 Å². The van der Waals surface area contributed by atoms with Crippen LogP contribution in [0, 0.1) is 0 Å². The van der Waals surface area contributed by atoms with E-state index in [9.17, 15) is 0 Å². The van der Waals surface area contributed by atoms with Crippen LogP contribution in [0.25, 0.3) is 0 Å². The van der Waals surface area contributed by atoms with Crippen LogP contribution in [0.1, 0.15) is 45.4 Å². The maximum absolute atomic E-state index is 6.39. The summed E-state index contributed by atoms with van der Waals surface area (Å²) >= 11 is 0. The number of nitrogens with two attached hydrogens (primary N) is 1. The van der Waals surface area contributed by atoms with Crippen LogP contribution in [0.5, 0.6) is 0 Å². The normalized spacial score (nSPS) is 21.2. The van der Waals surface area contributed by atoms with Gasteiger partial charge < -0.3 is 20.9 Å². The SMILES string of the molecule is CCN1CCN(c2ncnc(NC3CCCCCC3)c2N)CC1. The van der Waals surface area contributed by atoms with Crippen molar-refractivity contribution >= 4 is 17.3 Å². The van der Waals surface area contributed by atoms with Crippen LogP contribution in [-0.4, -0.2) is 53.6 Å². The lowest BCUT2D eigenvalue weighted by Crippen LogP contribution is -2.46. The smallest absolute Gasteiger partial charge is 0.157 e. The Bertz CT molecular complexity index is 490. The molecule has 1 aliphatic carbocycles. The fraction of sp³-hybridized carbons (Fsp3) is 0.765. The third kappa shape index (κ3) is 4.05. The Kier molecular flexibility index (Phi) is 5.54. The Balaban J connectivity index is 1.68. The molecule has 23 heavy (non-hydrogen) atoms. The predicted molar refractivity (Wildman–Crippen MR) is 95.9 cm³/mol. The molecule has 128 valence electrons. The van der Waals surface area contributed by atoms with Crippen LogP contribution in [-0.2, 0) is 0 Å². The molecule has 3 rings (SSSR count). The van der Waals surface area contributed by atoms with Crippen LogP contribution in [0.2, 0.25) is 0 Å². The summed E-state index contributed by atoms with van der Waals surface area (Å²) < 4.78 is 0. The zero-order valence-corrected chi connectivity index (χ0v) is 14.3. The summed E-state index contributed by atoms with van der Waals surface area (Å²) in [5, 5.41) is 3.58. The number of hydrogen-bond donors (Lipinski definition) is 2. The third-order valence-corrected chi connectivity index (χ3v) is 5.18. The molecule has 6 nitrogen and oxygen atoms in total. The molecule has 0 spiro atoms. The molecule has 1 aromatic rings. The molecule has 3 N–H and O–H groups in total. The third-order valence-electron chi connectivity index (χ3n) is 5.18. The van der Waals surface area contributed by atoms with Gasteiger partial charge in [0.15, 0.2) is 11.6 Å². The standard InChI is InChI=1S/C17H30N6/c1-2-22-9-11-23(12-10-22)17-15(18)16(19-13-20-17)21-14-7-5-3-4-6-8-14/h13-14H,2-12,18H2,1H3,(H,19,20,21). The number of nitrogens with zero attached hydrogens (tertiary/aromatic N) is 4. The largest absolute Gasteiger partial charge is 0.393 e. The first-order valence-corrected chi connectivity index (χ1v) is 9.12. The van der Waals surface area contributed by atoms with Crippen LogP contribution in [0.4, 0.5) is 17.3 Å². The number of anilines is 3. The molecular formula is C17H30N6. The molecule has 0 amide bonds. The molecule has 2 fully saturated rings. The summed E-state index contributed by atoms with van der Waals surface area (Å²) in [6.45, 7) is 7.44. The average molecular weight is 318 g/mol. The Hall–Kier alpha value is -1.56. The molecule has 0 unspecified atom stereocenters. The summed E-state index contributed by atoms with van der Waals surface area (Å²) in [5.41, 5.74) is 7.10. The summed E-state index contributed by atoms with van der Waals surface area (Å²) in [4.78, 5) is 13.6. The first kappa shape index (κ1) is 16.3. The van der Waals surface area contributed by atoms with Crippen molar-refractivity contribution in [2.75, 3.05) is 48.7 Å². The van der Waals surface area contributed by atoms with E-state index in [1.807, 2.05) is 0 Å². The highest BCUT2D eigenvalue weighted by atomic mass is 15.3. The molecule has 0 radical (unpaired) electrons. The van der Waals surface area contributed by atoms with Crippen LogP contribution in [0.15, 0.2) is 6.33 Å². The van der Waals surface area contributed by atoms with E-state index in [0.717, 1.165) is 44.4 Å². The highest BCUT2D eigenvalue weighted by Gasteiger charge is 2.21. The van der Waals surface area contributed by atoms with Gasteiger partial charge in [-0.15, -0.1) is 0 Å². The lowest BCUT2D eigenvalue weighted by atomic mass is 10.1. The van der Waals surface area contributed by atoms with Gasteiger partial charge in [0.1, 0.15) is 12.0 Å². The molecule has 1 aliphatic heterocycles. The molecule has 6 heteroatoms. The number of rotatable bonds is 4.